The molecule has 4 aromatic rings. The van der Waals surface area contributed by atoms with Crippen molar-refractivity contribution in [3.63, 3.8) is 0 Å². The number of hydrogen-bond acceptors (Lipinski definition) is 5. The second kappa shape index (κ2) is 7.65. The fourth-order valence-corrected chi connectivity index (χ4v) is 5.55. The molecule has 1 aliphatic carbocycles. The Morgan fingerprint density at radius 1 is 1.12 bits per heavy atom. The maximum atomic E-state index is 15.3. The number of aromatic amines is 1. The average molecular weight is 452 g/mol. The maximum Gasteiger partial charge on any atom is 0.271 e. The molecule has 6 rings (SSSR count). The van der Waals surface area contributed by atoms with Gasteiger partial charge in [0.1, 0.15) is 16.0 Å². The second-order valence-corrected chi connectivity index (χ2v) is 9.38. The lowest BCUT2D eigenvalue weighted by atomic mass is 10.00. The summed E-state index contributed by atoms with van der Waals surface area (Å²) in [4.78, 5) is 28.3. The van der Waals surface area contributed by atoms with Crippen LogP contribution in [0.1, 0.15) is 24.4 Å². The van der Waals surface area contributed by atoms with E-state index in [9.17, 15) is 9.59 Å². The molecule has 0 spiro atoms. The molecule has 0 amide bonds. The highest BCUT2D eigenvalue weighted by Crippen LogP contribution is 2.40. The third-order valence-corrected chi connectivity index (χ3v) is 7.26. The zero-order chi connectivity index (χ0) is 21.8. The molecule has 8 heteroatoms. The van der Waals surface area contributed by atoms with Crippen molar-refractivity contribution in [3.8, 4) is 11.1 Å². The second-order valence-electron chi connectivity index (χ2n) is 8.58. The first-order valence-corrected chi connectivity index (χ1v) is 11.7. The highest BCUT2D eigenvalue weighted by Gasteiger charge is 2.29. The highest BCUT2D eigenvalue weighted by molar-refractivity contribution is 7.12. The van der Waals surface area contributed by atoms with Crippen LogP contribution in [0.2, 0.25) is 0 Å². The number of ether oxygens (including phenoxy) is 1. The van der Waals surface area contributed by atoms with Gasteiger partial charge in [-0.2, -0.15) is 0 Å². The molecule has 32 heavy (non-hydrogen) atoms. The van der Waals surface area contributed by atoms with Gasteiger partial charge in [-0.3, -0.25) is 18.9 Å². The number of pyridine rings is 1. The molecule has 0 radical (unpaired) electrons. The Morgan fingerprint density at radius 3 is 2.72 bits per heavy atom. The Bertz CT molecular complexity index is 1460. The summed E-state index contributed by atoms with van der Waals surface area (Å²) in [5.41, 5.74) is 2.26. The minimum Gasteiger partial charge on any atom is -0.379 e. The Labute approximate surface area is 187 Å². The summed E-state index contributed by atoms with van der Waals surface area (Å²) >= 11 is 1.18. The number of halogens is 1. The molecule has 2 aromatic heterocycles. The first kappa shape index (κ1) is 19.8. The van der Waals surface area contributed by atoms with Crippen molar-refractivity contribution in [2.75, 3.05) is 26.3 Å². The van der Waals surface area contributed by atoms with E-state index in [-0.39, 0.29) is 16.8 Å². The summed E-state index contributed by atoms with van der Waals surface area (Å²) in [6, 6.07) is 11.2. The van der Waals surface area contributed by atoms with Gasteiger partial charge in [-0.15, -0.1) is 0 Å². The Hall–Kier alpha value is -2.81. The zero-order valence-corrected chi connectivity index (χ0v) is 18.2. The predicted molar refractivity (Wildman–Crippen MR) is 124 cm³/mol. The van der Waals surface area contributed by atoms with Crippen LogP contribution in [0.25, 0.3) is 32.2 Å². The maximum absolute atomic E-state index is 15.3. The van der Waals surface area contributed by atoms with E-state index in [4.69, 9.17) is 4.74 Å². The van der Waals surface area contributed by atoms with Gasteiger partial charge in [0.25, 0.3) is 5.56 Å². The van der Waals surface area contributed by atoms with E-state index >= 15 is 4.39 Å². The lowest BCUT2D eigenvalue weighted by Crippen LogP contribution is -2.35. The smallest absolute Gasteiger partial charge is 0.271 e. The van der Waals surface area contributed by atoms with Crippen LogP contribution in [-0.2, 0) is 11.3 Å². The van der Waals surface area contributed by atoms with Crippen LogP contribution in [0.15, 0.2) is 46.0 Å². The van der Waals surface area contributed by atoms with Crippen molar-refractivity contribution < 1.29 is 9.13 Å². The zero-order valence-electron chi connectivity index (χ0n) is 17.4. The lowest BCUT2D eigenvalue weighted by molar-refractivity contribution is 0.0342. The summed E-state index contributed by atoms with van der Waals surface area (Å²) < 4.78 is 25.4. The average Bonchev–Trinajstić information content (AvgIpc) is 3.56. The van der Waals surface area contributed by atoms with E-state index in [1.807, 2.05) is 18.2 Å². The molecule has 1 saturated carbocycles. The Morgan fingerprint density at radius 2 is 1.94 bits per heavy atom. The monoisotopic (exact) mass is 451 g/mol. The van der Waals surface area contributed by atoms with Crippen LogP contribution in [0.3, 0.4) is 0 Å². The third-order valence-electron chi connectivity index (χ3n) is 6.38. The van der Waals surface area contributed by atoms with Gasteiger partial charge in [0, 0.05) is 36.6 Å². The topological polar surface area (TPSA) is 67.3 Å². The van der Waals surface area contributed by atoms with E-state index in [0.717, 1.165) is 56.8 Å². The van der Waals surface area contributed by atoms with Crippen molar-refractivity contribution in [3.05, 3.63) is 68.4 Å². The molecular formula is C24H22FN3O3S. The first-order chi connectivity index (χ1) is 15.6. The molecule has 0 bridgehead atoms. The van der Waals surface area contributed by atoms with Gasteiger partial charge in [-0.25, -0.2) is 4.39 Å². The number of H-pyrrole nitrogens is 1. The molecular weight excluding hydrogens is 429 g/mol. The largest absolute Gasteiger partial charge is 0.379 e. The van der Waals surface area contributed by atoms with Crippen LogP contribution in [0.4, 0.5) is 4.39 Å². The molecule has 1 aliphatic heterocycles. The van der Waals surface area contributed by atoms with Gasteiger partial charge in [0.05, 0.1) is 18.7 Å². The summed E-state index contributed by atoms with van der Waals surface area (Å²) in [6.07, 6.45) is 1.97. The van der Waals surface area contributed by atoms with E-state index in [2.05, 4.69) is 19.9 Å². The van der Waals surface area contributed by atoms with E-state index in [0.29, 0.717) is 15.9 Å². The minimum atomic E-state index is -0.452. The molecule has 1 saturated heterocycles. The van der Waals surface area contributed by atoms with Gasteiger partial charge in [-0.05, 0) is 53.7 Å². The standard InChI is InChI=1S/C24H22FN3O3S/c25-19-11-18-20(28(16-4-5-16)24-21(22(18)29)23(30)26-32-24)12-17(19)15-3-1-2-14(10-15)13-27-6-8-31-9-7-27/h1-3,10-12,16H,4-9,13H2,(H,26,30). The van der Waals surface area contributed by atoms with Crippen molar-refractivity contribution in [1.29, 1.82) is 0 Å². The molecule has 0 unspecified atom stereocenters. The number of fused-ring (bicyclic) bond motifs is 2. The molecule has 2 aliphatic rings. The molecule has 0 atom stereocenters. The van der Waals surface area contributed by atoms with Crippen LogP contribution in [0.5, 0.6) is 0 Å². The highest BCUT2D eigenvalue weighted by atomic mass is 32.1. The number of benzene rings is 2. The number of nitrogens with zero attached hydrogens (tertiary/aromatic N) is 2. The van der Waals surface area contributed by atoms with Crippen LogP contribution >= 0.6 is 11.5 Å². The number of nitrogens with one attached hydrogen (secondary N) is 1. The molecule has 164 valence electrons. The lowest BCUT2D eigenvalue weighted by Gasteiger charge is -2.26. The van der Waals surface area contributed by atoms with Gasteiger partial charge >= 0.3 is 0 Å². The van der Waals surface area contributed by atoms with Crippen molar-refractivity contribution in [2.24, 2.45) is 0 Å². The first-order valence-electron chi connectivity index (χ1n) is 10.9. The van der Waals surface area contributed by atoms with E-state index in [1.54, 1.807) is 6.07 Å². The molecule has 2 aromatic carbocycles. The Kier molecular flexibility index (Phi) is 4.74. The molecule has 6 nitrogen and oxygen atoms in total. The summed E-state index contributed by atoms with van der Waals surface area (Å²) in [5, 5.41) is 0.396. The summed E-state index contributed by atoms with van der Waals surface area (Å²) in [5.74, 6) is -0.452. The number of morpholine rings is 1. The SMILES string of the molecule is O=c1[nH]sc2c1c(=O)c1cc(F)c(-c3cccc(CN4CCOCC4)c3)cc1n2C1CC1. The van der Waals surface area contributed by atoms with Gasteiger partial charge in [0.15, 0.2) is 0 Å². The van der Waals surface area contributed by atoms with E-state index in [1.165, 1.54) is 17.6 Å². The van der Waals surface area contributed by atoms with Crippen LogP contribution in [-0.4, -0.2) is 40.1 Å². The summed E-state index contributed by atoms with van der Waals surface area (Å²) in [7, 11) is 0. The summed E-state index contributed by atoms with van der Waals surface area (Å²) in [6.45, 7) is 4.03. The Balaban J connectivity index is 1.50. The number of rotatable bonds is 4. The van der Waals surface area contributed by atoms with Gasteiger partial charge < -0.3 is 9.30 Å². The molecule has 2 fully saturated rings. The van der Waals surface area contributed by atoms with E-state index < -0.39 is 16.8 Å². The van der Waals surface area contributed by atoms with Crippen molar-refractivity contribution in [1.82, 2.24) is 13.8 Å². The fraction of sp³-hybridized carbons (Fsp3) is 0.333. The van der Waals surface area contributed by atoms with Crippen molar-refractivity contribution >= 4 is 32.7 Å². The predicted octanol–water partition coefficient (Wildman–Crippen LogP) is 3.88. The minimum absolute atomic E-state index is 0.133. The van der Waals surface area contributed by atoms with Gasteiger partial charge in [-0.1, -0.05) is 18.2 Å². The van der Waals surface area contributed by atoms with Crippen LogP contribution < -0.4 is 11.0 Å². The molecule has 1 N–H and O–H groups in total. The fourth-order valence-electron chi connectivity index (χ4n) is 4.62. The van der Waals surface area contributed by atoms with Crippen molar-refractivity contribution in [2.45, 2.75) is 25.4 Å². The third kappa shape index (κ3) is 3.30. The van der Waals surface area contributed by atoms with Gasteiger partial charge in [0.2, 0.25) is 5.43 Å². The quantitative estimate of drug-likeness (QED) is 0.511. The molecule has 3 heterocycles. The number of aromatic nitrogens is 2. The van der Waals surface area contributed by atoms with Crippen LogP contribution in [0, 0.1) is 5.82 Å². The number of hydrogen-bond donors (Lipinski definition) is 1. The normalized spacial score (nSPS) is 17.4.